The normalized spacial score (nSPS) is 15.0. The van der Waals surface area contributed by atoms with Gasteiger partial charge < -0.3 is 15.5 Å². The molecule has 0 radical (unpaired) electrons. The van der Waals surface area contributed by atoms with Gasteiger partial charge in [0.25, 0.3) is 5.91 Å². The lowest BCUT2D eigenvalue weighted by Crippen LogP contribution is -2.44. The van der Waals surface area contributed by atoms with Gasteiger partial charge in [0, 0.05) is 25.2 Å². The maximum Gasteiger partial charge on any atom is 0.251 e. The van der Waals surface area contributed by atoms with Crippen molar-refractivity contribution in [2.75, 3.05) is 25.5 Å². The van der Waals surface area contributed by atoms with Crippen molar-refractivity contribution in [3.63, 3.8) is 0 Å². The van der Waals surface area contributed by atoms with Crippen LogP contribution >= 0.6 is 11.6 Å². The number of likely N-dealkylation sites (N-methyl/N-ethyl adjacent to an activating group) is 1. The molecule has 0 heterocycles. The number of hydrogen-bond acceptors (Lipinski definition) is 3. The lowest BCUT2D eigenvalue weighted by Gasteiger charge is -2.33. The van der Waals surface area contributed by atoms with Crippen LogP contribution in [0.1, 0.15) is 49.4 Å². The van der Waals surface area contributed by atoms with Gasteiger partial charge in [-0.2, -0.15) is 0 Å². The molecule has 2 rings (SSSR count). The highest BCUT2D eigenvalue weighted by Gasteiger charge is 2.23. The summed E-state index contributed by atoms with van der Waals surface area (Å²) in [6.07, 6.45) is 5.84. The van der Waals surface area contributed by atoms with Crippen LogP contribution in [0.25, 0.3) is 0 Å². The summed E-state index contributed by atoms with van der Waals surface area (Å²) in [5, 5.41) is 6.16. The van der Waals surface area contributed by atoms with E-state index in [4.69, 9.17) is 11.6 Å². The molecule has 2 amide bonds. The topological polar surface area (TPSA) is 61.4 Å². The van der Waals surface area contributed by atoms with Crippen LogP contribution in [0.5, 0.6) is 0 Å². The minimum absolute atomic E-state index is 0.0748. The lowest BCUT2D eigenvalue weighted by atomic mass is 9.94. The summed E-state index contributed by atoms with van der Waals surface area (Å²) < 4.78 is 0. The second kappa shape index (κ2) is 8.92. The molecule has 0 spiro atoms. The van der Waals surface area contributed by atoms with Crippen LogP contribution in [0.2, 0.25) is 5.02 Å². The molecule has 5 nitrogen and oxygen atoms in total. The first-order chi connectivity index (χ1) is 11.6. The minimum Gasteiger partial charge on any atom is -0.375 e. The van der Waals surface area contributed by atoms with Gasteiger partial charge in [0.1, 0.15) is 0 Å². The Morgan fingerprint density at radius 1 is 1.25 bits per heavy atom. The van der Waals surface area contributed by atoms with E-state index in [1.165, 1.54) is 19.3 Å². The Hall–Kier alpha value is -1.75. The maximum atomic E-state index is 12.6. The predicted octanol–water partition coefficient (Wildman–Crippen LogP) is 3.29. The van der Waals surface area contributed by atoms with Gasteiger partial charge in [0.05, 0.1) is 17.3 Å². The van der Waals surface area contributed by atoms with E-state index in [9.17, 15) is 9.59 Å². The van der Waals surface area contributed by atoms with E-state index in [1.54, 1.807) is 25.2 Å². The number of nitrogens with zero attached hydrogens (tertiary/aromatic N) is 1. The Morgan fingerprint density at radius 3 is 2.58 bits per heavy atom. The molecule has 1 saturated carbocycles. The van der Waals surface area contributed by atoms with Gasteiger partial charge in [-0.25, -0.2) is 0 Å². The largest absolute Gasteiger partial charge is 0.375 e. The molecule has 24 heavy (non-hydrogen) atoms. The number of nitrogens with one attached hydrogen (secondary N) is 2. The number of carbonyl (C=O) groups excluding carboxylic acids is 2. The number of carbonyl (C=O) groups is 2. The number of amides is 2. The molecule has 6 heteroatoms. The SMILES string of the molecule is CCN(C(=O)CNc1cc(C(=O)NC)ccc1Cl)C1CCCCC1. The number of hydrogen-bond donors (Lipinski definition) is 2. The fourth-order valence-corrected chi connectivity index (χ4v) is 3.43. The van der Waals surface area contributed by atoms with Crippen molar-refractivity contribution in [3.8, 4) is 0 Å². The molecule has 0 saturated heterocycles. The number of halogens is 1. The summed E-state index contributed by atoms with van der Waals surface area (Å²) in [5.41, 5.74) is 1.11. The summed E-state index contributed by atoms with van der Waals surface area (Å²) in [7, 11) is 1.58. The molecule has 1 aromatic rings. The molecular formula is C18H26ClN3O2. The van der Waals surface area contributed by atoms with Gasteiger partial charge >= 0.3 is 0 Å². The second-order valence-electron chi connectivity index (χ2n) is 6.10. The van der Waals surface area contributed by atoms with Gasteiger partial charge in [-0.3, -0.25) is 9.59 Å². The van der Waals surface area contributed by atoms with Crippen LogP contribution in [0.3, 0.4) is 0 Å². The van der Waals surface area contributed by atoms with Crippen LogP contribution in [-0.4, -0.2) is 42.9 Å². The Balaban J connectivity index is 2.00. The Kier molecular flexibility index (Phi) is 6.91. The lowest BCUT2D eigenvalue weighted by molar-refractivity contribution is -0.132. The Bertz CT molecular complexity index is 586. The van der Waals surface area contributed by atoms with Gasteiger partial charge in [-0.05, 0) is 38.0 Å². The van der Waals surface area contributed by atoms with Crippen molar-refractivity contribution < 1.29 is 9.59 Å². The zero-order valence-corrected chi connectivity index (χ0v) is 15.2. The van der Waals surface area contributed by atoms with Crippen molar-refractivity contribution in [2.45, 2.75) is 45.1 Å². The second-order valence-corrected chi connectivity index (χ2v) is 6.51. The summed E-state index contributed by atoms with van der Waals surface area (Å²) in [5.74, 6) is -0.107. The summed E-state index contributed by atoms with van der Waals surface area (Å²) in [4.78, 5) is 26.3. The number of anilines is 1. The first kappa shape index (κ1) is 18.6. The standard InChI is InChI=1S/C18H26ClN3O2/c1-3-22(14-7-5-4-6-8-14)17(23)12-21-16-11-13(18(24)20-2)9-10-15(16)19/h9-11,14,21H,3-8,12H2,1-2H3,(H,20,24). The van der Waals surface area contributed by atoms with Crippen LogP contribution in [0.15, 0.2) is 18.2 Å². The highest BCUT2D eigenvalue weighted by molar-refractivity contribution is 6.33. The maximum absolute atomic E-state index is 12.6. The average Bonchev–Trinajstić information content (AvgIpc) is 2.62. The number of benzene rings is 1. The summed E-state index contributed by atoms with van der Waals surface area (Å²) in [6.45, 7) is 2.92. The van der Waals surface area contributed by atoms with Gasteiger partial charge in [-0.15, -0.1) is 0 Å². The Morgan fingerprint density at radius 2 is 1.96 bits per heavy atom. The quantitative estimate of drug-likeness (QED) is 0.826. The third-order valence-corrected chi connectivity index (χ3v) is 4.89. The summed E-state index contributed by atoms with van der Waals surface area (Å²) >= 11 is 6.17. The van der Waals surface area contributed by atoms with E-state index < -0.39 is 0 Å². The van der Waals surface area contributed by atoms with Crippen LogP contribution in [0, 0.1) is 0 Å². The molecule has 1 aliphatic rings. The molecule has 1 fully saturated rings. The zero-order valence-electron chi connectivity index (χ0n) is 14.4. The molecule has 0 aromatic heterocycles. The van der Waals surface area contributed by atoms with E-state index in [0.717, 1.165) is 19.4 Å². The molecule has 1 aliphatic carbocycles. The highest BCUT2D eigenvalue weighted by atomic mass is 35.5. The molecular weight excluding hydrogens is 326 g/mol. The molecule has 2 N–H and O–H groups in total. The zero-order chi connectivity index (χ0) is 17.5. The third-order valence-electron chi connectivity index (χ3n) is 4.56. The van der Waals surface area contributed by atoms with Crippen LogP contribution in [0.4, 0.5) is 5.69 Å². The van der Waals surface area contributed by atoms with E-state index in [-0.39, 0.29) is 18.4 Å². The first-order valence-electron chi connectivity index (χ1n) is 8.61. The van der Waals surface area contributed by atoms with Crippen molar-refractivity contribution in [1.82, 2.24) is 10.2 Å². The van der Waals surface area contributed by atoms with E-state index >= 15 is 0 Å². The average molecular weight is 352 g/mol. The smallest absolute Gasteiger partial charge is 0.251 e. The van der Waals surface area contributed by atoms with E-state index in [0.29, 0.717) is 22.3 Å². The van der Waals surface area contributed by atoms with Crippen molar-refractivity contribution >= 4 is 29.1 Å². The first-order valence-corrected chi connectivity index (χ1v) is 8.99. The molecule has 0 aliphatic heterocycles. The highest BCUT2D eigenvalue weighted by Crippen LogP contribution is 2.24. The predicted molar refractivity (Wildman–Crippen MR) is 97.6 cm³/mol. The van der Waals surface area contributed by atoms with Crippen LogP contribution in [-0.2, 0) is 4.79 Å². The van der Waals surface area contributed by atoms with Crippen molar-refractivity contribution in [1.29, 1.82) is 0 Å². The van der Waals surface area contributed by atoms with Crippen LogP contribution < -0.4 is 10.6 Å². The number of rotatable bonds is 6. The fourth-order valence-electron chi connectivity index (χ4n) is 3.25. The molecule has 132 valence electrons. The molecule has 0 unspecified atom stereocenters. The van der Waals surface area contributed by atoms with Gasteiger partial charge in [0.15, 0.2) is 0 Å². The Labute approximate surface area is 148 Å². The van der Waals surface area contributed by atoms with Gasteiger partial charge in [-0.1, -0.05) is 30.9 Å². The van der Waals surface area contributed by atoms with E-state index in [2.05, 4.69) is 10.6 Å². The molecule has 0 atom stereocenters. The van der Waals surface area contributed by atoms with Crippen molar-refractivity contribution in [2.24, 2.45) is 0 Å². The monoisotopic (exact) mass is 351 g/mol. The third kappa shape index (κ3) is 4.63. The molecule has 0 bridgehead atoms. The fraction of sp³-hybridized carbons (Fsp3) is 0.556. The minimum atomic E-state index is -0.182. The van der Waals surface area contributed by atoms with E-state index in [1.807, 2.05) is 11.8 Å². The van der Waals surface area contributed by atoms with Crippen molar-refractivity contribution in [3.05, 3.63) is 28.8 Å². The van der Waals surface area contributed by atoms with Gasteiger partial charge in [0.2, 0.25) is 5.91 Å². The summed E-state index contributed by atoms with van der Waals surface area (Å²) in [6, 6.07) is 5.35. The molecule has 1 aromatic carbocycles.